The number of hydrazone groups is 1. The van der Waals surface area contributed by atoms with Crippen molar-refractivity contribution in [2.75, 3.05) is 0 Å². The maximum atomic E-state index is 12.6. The number of amides is 1. The third-order valence-corrected chi connectivity index (χ3v) is 4.18. The van der Waals surface area contributed by atoms with Crippen LogP contribution < -0.4 is 5.43 Å². The van der Waals surface area contributed by atoms with Crippen LogP contribution in [0.2, 0.25) is 0 Å². The van der Waals surface area contributed by atoms with Crippen molar-refractivity contribution in [1.29, 1.82) is 0 Å². The van der Waals surface area contributed by atoms with Gasteiger partial charge in [0.05, 0.1) is 16.3 Å². The van der Waals surface area contributed by atoms with E-state index in [1.807, 2.05) is 0 Å². The number of carbonyl (C=O) groups is 1. The lowest BCUT2D eigenvalue weighted by Crippen LogP contribution is -2.18. The summed E-state index contributed by atoms with van der Waals surface area (Å²) >= 11 is 6.33. The van der Waals surface area contributed by atoms with Crippen LogP contribution >= 0.6 is 31.9 Å². The van der Waals surface area contributed by atoms with E-state index in [1.165, 1.54) is 12.3 Å². The van der Waals surface area contributed by atoms with Gasteiger partial charge in [0.15, 0.2) is 4.67 Å². The van der Waals surface area contributed by atoms with E-state index in [2.05, 4.69) is 42.4 Å². The van der Waals surface area contributed by atoms with Crippen molar-refractivity contribution in [3.05, 3.63) is 56.4 Å². The van der Waals surface area contributed by atoms with Crippen LogP contribution in [0.5, 0.6) is 0 Å². The molecule has 0 saturated carbocycles. The van der Waals surface area contributed by atoms with Crippen molar-refractivity contribution in [3.8, 4) is 0 Å². The number of nitrogens with zero attached hydrogens (tertiary/aromatic N) is 1. The number of carbonyl (C=O) groups excluding carboxylic acids is 1. The Bertz CT molecular complexity index is 707. The smallest absolute Gasteiger partial charge is 0.416 e. The van der Waals surface area contributed by atoms with Crippen molar-refractivity contribution in [1.82, 2.24) is 5.43 Å². The topological polar surface area (TPSA) is 54.6 Å². The van der Waals surface area contributed by atoms with Crippen molar-refractivity contribution in [3.63, 3.8) is 0 Å². The van der Waals surface area contributed by atoms with Crippen molar-refractivity contribution < 1.29 is 22.4 Å². The molecule has 1 heterocycles. The summed E-state index contributed by atoms with van der Waals surface area (Å²) in [5.74, 6) is -0.407. The fourth-order valence-corrected chi connectivity index (χ4v) is 2.09. The summed E-state index contributed by atoms with van der Waals surface area (Å²) in [6.07, 6.45) is -3.28. The molecule has 0 radical (unpaired) electrons. The highest BCUT2D eigenvalue weighted by Crippen LogP contribution is 2.29. The van der Waals surface area contributed by atoms with Gasteiger partial charge in [-0.3, -0.25) is 4.79 Å². The zero-order valence-electron chi connectivity index (χ0n) is 10.6. The molecular weight excluding hydrogens is 433 g/mol. The van der Waals surface area contributed by atoms with E-state index in [1.54, 1.807) is 6.07 Å². The summed E-state index contributed by atoms with van der Waals surface area (Å²) in [4.78, 5) is 11.7. The molecule has 22 heavy (non-hydrogen) atoms. The Kier molecular flexibility index (Phi) is 5.07. The molecule has 9 heteroatoms. The van der Waals surface area contributed by atoms with Crippen molar-refractivity contribution in [2.45, 2.75) is 6.18 Å². The Morgan fingerprint density at radius 1 is 1.27 bits per heavy atom. The number of halogens is 5. The monoisotopic (exact) mass is 438 g/mol. The molecule has 0 spiro atoms. The van der Waals surface area contributed by atoms with Crippen LogP contribution in [0.25, 0.3) is 0 Å². The van der Waals surface area contributed by atoms with Gasteiger partial charge in [-0.2, -0.15) is 18.3 Å². The maximum absolute atomic E-state index is 12.6. The largest absolute Gasteiger partial charge is 0.447 e. The maximum Gasteiger partial charge on any atom is 0.416 e. The quantitative estimate of drug-likeness (QED) is 0.561. The summed E-state index contributed by atoms with van der Waals surface area (Å²) in [5.41, 5.74) is 1.08. The minimum Gasteiger partial charge on any atom is -0.447 e. The van der Waals surface area contributed by atoms with Gasteiger partial charge in [0.2, 0.25) is 0 Å². The normalized spacial score (nSPS) is 11.9. The molecule has 0 saturated heterocycles. The Labute approximate surface area is 139 Å². The third kappa shape index (κ3) is 4.20. The van der Waals surface area contributed by atoms with Gasteiger partial charge < -0.3 is 4.42 Å². The van der Waals surface area contributed by atoms with E-state index >= 15 is 0 Å². The number of rotatable bonds is 3. The second-order valence-electron chi connectivity index (χ2n) is 4.05. The average molecular weight is 440 g/mol. The number of nitrogens with one attached hydrogen (secondary N) is 1. The molecule has 1 amide bonds. The Hall–Kier alpha value is -1.61. The number of benzene rings is 1. The molecule has 1 aromatic carbocycles. The molecule has 0 aliphatic rings. The molecule has 1 N–H and O–H groups in total. The lowest BCUT2D eigenvalue weighted by atomic mass is 10.1. The van der Waals surface area contributed by atoms with E-state index in [9.17, 15) is 18.0 Å². The van der Waals surface area contributed by atoms with Crippen LogP contribution in [0.4, 0.5) is 13.2 Å². The van der Waals surface area contributed by atoms with E-state index < -0.39 is 17.6 Å². The average Bonchev–Trinajstić information content (AvgIpc) is 2.77. The first kappa shape index (κ1) is 16.8. The number of hydrogen-bond donors (Lipinski definition) is 1. The van der Waals surface area contributed by atoms with Crippen LogP contribution in [0.15, 0.2) is 49.0 Å². The molecule has 2 aromatic rings. The van der Waals surface area contributed by atoms with Gasteiger partial charge in [-0.25, -0.2) is 5.43 Å². The second kappa shape index (κ2) is 6.66. The first-order valence-corrected chi connectivity index (χ1v) is 7.31. The first-order chi connectivity index (χ1) is 10.3. The minimum atomic E-state index is -4.51. The zero-order chi connectivity index (χ0) is 16.3. The number of furan rings is 1. The van der Waals surface area contributed by atoms with Crippen LogP contribution in [0.1, 0.15) is 21.7 Å². The molecule has 0 aliphatic heterocycles. The molecular formula is C13H7Br2F3N2O2. The van der Waals surface area contributed by atoms with Gasteiger partial charge in [-0.15, -0.1) is 0 Å². The van der Waals surface area contributed by atoms with Gasteiger partial charge in [0, 0.05) is 11.6 Å². The zero-order valence-corrected chi connectivity index (χ0v) is 13.8. The van der Waals surface area contributed by atoms with E-state index in [0.717, 1.165) is 18.2 Å². The Morgan fingerprint density at radius 2 is 2.00 bits per heavy atom. The predicted octanol–water partition coefficient (Wildman–Crippen LogP) is 4.59. The number of hydrogen-bond acceptors (Lipinski definition) is 3. The standard InChI is InChI=1S/C13H7Br2F3N2O2/c14-10-5-9(22-11(10)15)6-19-20-12(21)7-2-1-3-8(4-7)13(16,17)18/h1-6H,(H,20,21)/b19-6+. The first-order valence-electron chi connectivity index (χ1n) is 5.73. The van der Waals surface area contributed by atoms with Gasteiger partial charge >= 0.3 is 6.18 Å². The van der Waals surface area contributed by atoms with Gasteiger partial charge in [-0.1, -0.05) is 6.07 Å². The summed E-state index contributed by atoms with van der Waals surface area (Å²) in [5, 5.41) is 3.62. The lowest BCUT2D eigenvalue weighted by Gasteiger charge is -2.07. The third-order valence-electron chi connectivity index (χ3n) is 2.47. The molecule has 116 valence electrons. The highest BCUT2D eigenvalue weighted by Gasteiger charge is 2.30. The van der Waals surface area contributed by atoms with Crippen molar-refractivity contribution >= 4 is 44.0 Å². The van der Waals surface area contributed by atoms with Gasteiger partial charge in [0.1, 0.15) is 5.76 Å². The molecule has 1 aromatic heterocycles. The van der Waals surface area contributed by atoms with Crippen LogP contribution in [-0.4, -0.2) is 12.1 Å². The van der Waals surface area contributed by atoms with Gasteiger partial charge in [-0.05, 0) is 50.1 Å². The predicted molar refractivity (Wildman–Crippen MR) is 80.6 cm³/mol. The van der Waals surface area contributed by atoms with Gasteiger partial charge in [0.25, 0.3) is 5.91 Å². The Morgan fingerprint density at radius 3 is 2.59 bits per heavy atom. The second-order valence-corrected chi connectivity index (χ2v) is 5.62. The van der Waals surface area contributed by atoms with E-state index in [4.69, 9.17) is 4.42 Å². The number of alkyl halides is 3. The molecule has 2 rings (SSSR count). The molecule has 0 aliphatic carbocycles. The fourth-order valence-electron chi connectivity index (χ4n) is 1.48. The molecule has 0 bridgehead atoms. The Balaban J connectivity index is 2.06. The fraction of sp³-hybridized carbons (Fsp3) is 0.0769. The van der Waals surface area contributed by atoms with Crippen LogP contribution in [0.3, 0.4) is 0 Å². The van der Waals surface area contributed by atoms with Crippen LogP contribution in [0, 0.1) is 0 Å². The van der Waals surface area contributed by atoms with E-state index in [0.29, 0.717) is 14.9 Å². The minimum absolute atomic E-state index is 0.145. The molecule has 0 fully saturated rings. The SMILES string of the molecule is O=C(N/N=C/c1cc(Br)c(Br)o1)c1cccc(C(F)(F)F)c1. The summed E-state index contributed by atoms with van der Waals surface area (Å²) in [6, 6.07) is 5.66. The summed E-state index contributed by atoms with van der Waals surface area (Å²) in [6.45, 7) is 0. The molecule has 0 atom stereocenters. The molecule has 0 unspecified atom stereocenters. The molecule has 4 nitrogen and oxygen atoms in total. The summed E-state index contributed by atoms with van der Waals surface area (Å²) < 4.78 is 44.0. The van der Waals surface area contributed by atoms with Crippen LogP contribution in [-0.2, 0) is 6.18 Å². The van der Waals surface area contributed by atoms with Crippen molar-refractivity contribution in [2.24, 2.45) is 5.10 Å². The van der Waals surface area contributed by atoms with E-state index in [-0.39, 0.29) is 5.56 Å². The lowest BCUT2D eigenvalue weighted by molar-refractivity contribution is -0.137. The highest BCUT2D eigenvalue weighted by atomic mass is 79.9. The summed E-state index contributed by atoms with van der Waals surface area (Å²) in [7, 11) is 0. The highest BCUT2D eigenvalue weighted by molar-refractivity contribution is 9.13.